The van der Waals surface area contributed by atoms with E-state index in [1.807, 2.05) is 24.3 Å². The van der Waals surface area contributed by atoms with E-state index in [2.05, 4.69) is 249 Å². The van der Waals surface area contributed by atoms with Crippen LogP contribution in [0.5, 0.6) is 11.5 Å². The fraction of sp³-hybridized carbons (Fsp3) is 0.0175. The molecular weight excluding hydrogens is 731 g/mol. The molecule has 2 aromatic carbocycles. The minimum atomic E-state index is -0.390. The highest BCUT2D eigenvalue weighted by Gasteiger charge is 2.09. The van der Waals surface area contributed by atoms with Gasteiger partial charge in [-0.25, -0.2) is 0 Å². The molecule has 0 radical (unpaired) electrons. The lowest BCUT2D eigenvalue weighted by Crippen LogP contribution is -2.11. The SMILES string of the molecule is C#CC#CC#CC#CC#CC#CC#CC#CC#CC#CC#COc1ccc(C(N)c2ccc(OC#CC#CC#CC#CC#CC#CC#CC#CC#CC#CC#C)cc2)cc1.[HH].[HH].[HH].[HH].[HH].[HH].[HH].[HH].[HH].[HH].[HH].[HH].[HH].[HH].[HH].[HH].[HH].[HH].[HH].[HH].[HH].[HH].[HH].[HH].[HH].[HH].[HH].[HH].[HH].[HH].[HH].[HH].[HH].[HH].[HH].[HH].[HH].[HH].[HH].[HH].[HH].[HH].[HH].[HH]. The zero-order valence-electron chi connectivity index (χ0n) is 30.7. The van der Waals surface area contributed by atoms with Crippen LogP contribution in [0.3, 0.4) is 0 Å². The average Bonchev–Trinajstić information content (AvgIpc) is 3.27. The molecule has 0 aromatic heterocycles. The van der Waals surface area contributed by atoms with Crippen molar-refractivity contribution >= 4 is 0 Å². The number of hydrogen-bond donors (Lipinski definition) is 1. The van der Waals surface area contributed by atoms with E-state index in [0.717, 1.165) is 11.1 Å². The molecule has 0 saturated heterocycles. The monoisotopic (exact) mass is 832 g/mol. The lowest BCUT2D eigenvalue weighted by atomic mass is 9.99. The summed E-state index contributed by atoms with van der Waals surface area (Å²) in [5.41, 5.74) is 8.18. The van der Waals surface area contributed by atoms with E-state index < -0.39 is 6.04 Å². The van der Waals surface area contributed by atoms with Gasteiger partial charge in [0.15, 0.2) is 0 Å². The maximum atomic E-state index is 6.45. The third-order valence-corrected chi connectivity index (χ3v) is 5.31. The molecule has 0 heterocycles. The molecule has 0 saturated carbocycles. The Balaban J connectivity index is -0.0000000206. The Morgan fingerprint density at radius 1 is 0.300 bits per heavy atom. The third-order valence-electron chi connectivity index (χ3n) is 5.31. The molecule has 2 rings (SSSR count). The fourth-order valence-corrected chi connectivity index (χ4v) is 3.03. The molecule has 60 heavy (non-hydrogen) atoms. The van der Waals surface area contributed by atoms with Crippen LogP contribution in [0.2, 0.25) is 0 Å². The zero-order chi connectivity index (χ0) is 42.7. The van der Waals surface area contributed by atoms with Crippen molar-refractivity contribution in [3.63, 3.8) is 0 Å². The molecule has 0 unspecified atom stereocenters. The first-order valence-corrected chi connectivity index (χ1v) is 15.9. The van der Waals surface area contributed by atoms with Crippen LogP contribution in [0, 0.1) is 262 Å². The van der Waals surface area contributed by atoms with Gasteiger partial charge in [-0.05, 0) is 130 Å². The molecule has 0 aliphatic heterocycles. The minimum Gasteiger partial charge on any atom is -0.407 e. The minimum absolute atomic E-state index is 0. The van der Waals surface area contributed by atoms with Crippen LogP contribution in [-0.2, 0) is 0 Å². The molecule has 3 heteroatoms. The van der Waals surface area contributed by atoms with Gasteiger partial charge in [0.2, 0.25) is 0 Å². The molecule has 3 nitrogen and oxygen atoms in total. The Morgan fingerprint density at radius 3 is 0.683 bits per heavy atom. The Labute approximate surface area is 418 Å². The summed E-state index contributed by atoms with van der Waals surface area (Å²) in [6, 6.07) is 14.0. The van der Waals surface area contributed by atoms with Gasteiger partial charge < -0.3 is 15.2 Å². The number of nitrogens with two attached hydrogens (primary N) is 1. The van der Waals surface area contributed by atoms with Gasteiger partial charge in [0.25, 0.3) is 0 Å². The van der Waals surface area contributed by atoms with E-state index in [1.165, 1.54) is 0 Å². The Hall–Kier alpha value is -11.7. The second kappa shape index (κ2) is 33.2. The predicted octanol–water partition coefficient (Wildman–Crippen LogP) is 13.6. The number of terminal acetylenes is 2. The number of ether oxygens (including phenoxy) is 2. The molecule has 0 aliphatic carbocycles. The van der Waals surface area contributed by atoms with Crippen LogP contribution >= 0.6 is 0 Å². The normalized spacial score (nSPS) is 5.87. The van der Waals surface area contributed by atoms with E-state index in [4.69, 9.17) is 28.1 Å². The highest BCUT2D eigenvalue weighted by molar-refractivity contribution is 5.49. The zero-order valence-corrected chi connectivity index (χ0v) is 30.7. The Morgan fingerprint density at radius 2 is 0.483 bits per heavy atom. The van der Waals surface area contributed by atoms with Gasteiger partial charge in [-0.2, -0.15) is 0 Å². The van der Waals surface area contributed by atoms with E-state index in [9.17, 15) is 0 Å². The van der Waals surface area contributed by atoms with Crippen LogP contribution in [0.15, 0.2) is 48.5 Å². The molecule has 0 spiro atoms. The van der Waals surface area contributed by atoms with Gasteiger partial charge in [-0.15, -0.1) is 12.8 Å². The van der Waals surface area contributed by atoms with Crippen LogP contribution in [0.4, 0.5) is 0 Å². The van der Waals surface area contributed by atoms with Gasteiger partial charge in [0, 0.05) is 205 Å². The summed E-state index contributed by atoms with van der Waals surface area (Å²) in [7, 11) is 0. The number of benzene rings is 2. The van der Waals surface area contributed by atoms with Crippen molar-refractivity contribution in [3.05, 3.63) is 59.7 Å². The summed E-state index contributed by atoms with van der Waals surface area (Å²) >= 11 is 0. The number of hydrogen-bond acceptors (Lipinski definition) is 3. The number of rotatable bonds is 4. The van der Waals surface area contributed by atoms with Gasteiger partial charge in [0.1, 0.15) is 23.7 Å². The molecule has 0 amide bonds. The van der Waals surface area contributed by atoms with Crippen molar-refractivity contribution in [3.8, 4) is 273 Å². The molecule has 2 N–H and O–H groups in total. The largest absolute Gasteiger partial charge is 0.407 e. The van der Waals surface area contributed by atoms with Crippen molar-refractivity contribution in [1.82, 2.24) is 0 Å². The van der Waals surface area contributed by atoms with Gasteiger partial charge in [-0.3, -0.25) is 0 Å². The predicted molar refractivity (Wildman–Crippen MR) is 326 cm³/mol. The first-order valence-electron chi connectivity index (χ1n) is 15.9. The molecule has 2 aromatic rings. The fourth-order valence-electron chi connectivity index (χ4n) is 3.03. The van der Waals surface area contributed by atoms with Gasteiger partial charge in [-0.1, -0.05) is 24.3 Å². The van der Waals surface area contributed by atoms with E-state index in [0.29, 0.717) is 11.5 Å². The summed E-state index contributed by atoms with van der Waals surface area (Å²) in [6.45, 7) is 0. The lowest BCUT2D eigenvalue weighted by molar-refractivity contribution is 0.519. The third kappa shape index (κ3) is 24.5. The maximum Gasteiger partial charge on any atom is 0.140 e. The maximum absolute atomic E-state index is 6.45. The molecule has 0 atom stereocenters. The highest BCUT2D eigenvalue weighted by Crippen LogP contribution is 2.24. The first-order chi connectivity index (χ1) is 29.7. The molecule has 0 aliphatic rings. The first kappa shape index (κ1) is 44.5. The van der Waals surface area contributed by atoms with E-state index in [1.54, 1.807) is 24.3 Å². The average molecular weight is 832 g/mol. The molecule has 0 bridgehead atoms. The van der Waals surface area contributed by atoms with Crippen molar-refractivity contribution in [1.29, 1.82) is 0 Å². The van der Waals surface area contributed by atoms with Crippen LogP contribution in [0.1, 0.15) is 79.9 Å². The summed E-state index contributed by atoms with van der Waals surface area (Å²) in [4.78, 5) is 0. The van der Waals surface area contributed by atoms with Crippen LogP contribution < -0.4 is 15.2 Å². The smallest absolute Gasteiger partial charge is 0.140 e. The second-order valence-corrected chi connectivity index (χ2v) is 9.06. The standard InChI is InChI=1S/C57H13NO2.44H2/c1-3-5-7-9-11-13-15-17-19-21-23-25-27-29-31-33-35-37-39-41-51-59-55-47-43-53(44-48-55)57(58)54-45-49-56(50-46-54)60-52-42-40-38-36-34-32-30-28-26-24-22-20-18-16-14-12-10-8-6-4-2;;;;;;;;;;;;;;;;;;;;;;;;;;;;;;;;;;;;;;;;;;;;/h1-2,43-50,57H,58H2;44*1H. The quantitative estimate of drug-likeness (QED) is 0.312. The van der Waals surface area contributed by atoms with E-state index in [-0.39, 0.29) is 62.8 Å². The topological polar surface area (TPSA) is 44.5 Å². The van der Waals surface area contributed by atoms with Gasteiger partial charge in [0.05, 0.1) is 6.04 Å². The van der Waals surface area contributed by atoms with Crippen molar-refractivity contribution in [2.75, 3.05) is 0 Å². The highest BCUT2D eigenvalue weighted by atomic mass is 16.5. The molecule has 0 fully saturated rings. The summed E-state index contributed by atoms with van der Waals surface area (Å²) < 4.78 is 10.8. The lowest BCUT2D eigenvalue weighted by Gasteiger charge is -2.13. The van der Waals surface area contributed by atoms with Crippen LogP contribution in [0.25, 0.3) is 0 Å². The van der Waals surface area contributed by atoms with Crippen molar-refractivity contribution in [2.24, 2.45) is 5.73 Å². The molecular formula is C57H101NO2. The van der Waals surface area contributed by atoms with Crippen LogP contribution in [-0.4, -0.2) is 0 Å². The Kier molecular flexibility index (Phi) is 24.6. The van der Waals surface area contributed by atoms with Gasteiger partial charge >= 0.3 is 0 Å². The summed E-state index contributed by atoms with van der Waals surface area (Å²) in [6.07, 6.45) is 14.9. The Bertz CT molecular complexity index is 3320. The van der Waals surface area contributed by atoms with Crippen molar-refractivity contribution < 1.29 is 72.2 Å². The van der Waals surface area contributed by atoms with E-state index >= 15 is 0 Å². The summed E-state index contributed by atoms with van der Waals surface area (Å²) in [5.74, 6) is 100. The van der Waals surface area contributed by atoms with Crippen molar-refractivity contribution in [2.45, 2.75) is 6.04 Å². The second-order valence-electron chi connectivity index (χ2n) is 9.06. The summed E-state index contributed by atoms with van der Waals surface area (Å²) in [5, 5.41) is 0. The molecule has 346 valence electrons.